The van der Waals surface area contributed by atoms with E-state index in [1.165, 1.54) is 54.6 Å². The van der Waals surface area contributed by atoms with Crippen LogP contribution in [0.2, 0.25) is 0 Å². The lowest BCUT2D eigenvalue weighted by atomic mass is 9.89. The minimum Gasteiger partial charge on any atom is -0.245 e. The Balaban J connectivity index is 1.13. The summed E-state index contributed by atoms with van der Waals surface area (Å²) in [6, 6.07) is 65.1. The van der Waals surface area contributed by atoms with Crippen LogP contribution in [-0.2, 0) is 0 Å². The molecule has 0 fully saturated rings. The van der Waals surface area contributed by atoms with Gasteiger partial charge in [0, 0.05) is 21.9 Å². The first-order chi connectivity index (χ1) is 24.8. The standard InChI is InChI=1S/C48H30N2/c1-2-11-31(12-3-1)44-27-23-32-21-22-33-24-28-45(50-48(33)47(32)49-44)43-26-25-38(41-19-8-9-20-42(41)43)34-15-10-16-37(30-34)46-39-17-6-4-13-35(39)29-36-14-5-7-18-40(36)46/h1-30H. The molecule has 0 saturated carbocycles. The molecule has 0 aliphatic heterocycles. The average molecular weight is 635 g/mol. The van der Waals surface area contributed by atoms with Crippen molar-refractivity contribution in [2.45, 2.75) is 0 Å². The zero-order valence-corrected chi connectivity index (χ0v) is 27.2. The van der Waals surface area contributed by atoms with Gasteiger partial charge in [-0.1, -0.05) is 158 Å². The van der Waals surface area contributed by atoms with Crippen LogP contribution in [-0.4, -0.2) is 9.97 Å². The predicted octanol–water partition coefficient (Wildman–Crippen LogP) is 12.9. The molecule has 50 heavy (non-hydrogen) atoms. The van der Waals surface area contributed by atoms with Crippen molar-refractivity contribution < 1.29 is 0 Å². The predicted molar refractivity (Wildman–Crippen MR) is 211 cm³/mol. The third-order valence-corrected chi connectivity index (χ3v) is 10.0. The van der Waals surface area contributed by atoms with Gasteiger partial charge in [0.15, 0.2) is 0 Å². The SMILES string of the molecule is c1ccc(-c2ccc3ccc4ccc(-c5ccc(-c6cccc(-c7c8ccccc8cc8ccccc78)c6)c6ccccc56)nc4c3n2)cc1. The van der Waals surface area contributed by atoms with Crippen LogP contribution in [0.3, 0.4) is 0 Å². The maximum atomic E-state index is 5.31. The molecule has 2 nitrogen and oxygen atoms in total. The Bertz CT molecular complexity index is 2870. The summed E-state index contributed by atoms with van der Waals surface area (Å²) in [4.78, 5) is 10.4. The molecule has 0 radical (unpaired) electrons. The van der Waals surface area contributed by atoms with Gasteiger partial charge in [-0.25, -0.2) is 9.97 Å². The van der Waals surface area contributed by atoms with Crippen LogP contribution < -0.4 is 0 Å². The van der Waals surface area contributed by atoms with Crippen molar-refractivity contribution in [2.75, 3.05) is 0 Å². The maximum absolute atomic E-state index is 5.31. The van der Waals surface area contributed by atoms with Crippen LogP contribution in [0.25, 0.3) is 98.9 Å². The normalized spacial score (nSPS) is 11.6. The Morgan fingerprint density at radius 1 is 0.280 bits per heavy atom. The molecule has 0 atom stereocenters. The van der Waals surface area contributed by atoms with E-state index in [0.717, 1.165) is 44.3 Å². The lowest BCUT2D eigenvalue weighted by Gasteiger charge is -2.15. The second-order valence-corrected chi connectivity index (χ2v) is 12.9. The van der Waals surface area contributed by atoms with Gasteiger partial charge in [-0.2, -0.15) is 0 Å². The van der Waals surface area contributed by atoms with Gasteiger partial charge in [0.25, 0.3) is 0 Å². The second-order valence-electron chi connectivity index (χ2n) is 12.9. The van der Waals surface area contributed by atoms with Crippen LogP contribution in [0.15, 0.2) is 182 Å². The van der Waals surface area contributed by atoms with E-state index >= 15 is 0 Å². The molecule has 0 bridgehead atoms. The molecule has 0 N–H and O–H groups in total. The highest BCUT2D eigenvalue weighted by Gasteiger charge is 2.15. The third-order valence-electron chi connectivity index (χ3n) is 10.0. The fourth-order valence-corrected chi connectivity index (χ4v) is 7.63. The Morgan fingerprint density at radius 3 is 1.48 bits per heavy atom. The molecule has 2 heteroatoms. The molecule has 0 spiro atoms. The highest BCUT2D eigenvalue weighted by atomic mass is 14.8. The van der Waals surface area contributed by atoms with Crippen LogP contribution in [0.1, 0.15) is 0 Å². The topological polar surface area (TPSA) is 25.8 Å². The van der Waals surface area contributed by atoms with E-state index in [1.807, 2.05) is 6.07 Å². The lowest BCUT2D eigenvalue weighted by Crippen LogP contribution is -1.92. The molecule has 0 aliphatic rings. The summed E-state index contributed by atoms with van der Waals surface area (Å²) in [5, 5.41) is 9.59. The molecule has 2 heterocycles. The monoisotopic (exact) mass is 634 g/mol. The Hall–Kier alpha value is -6.64. The van der Waals surface area contributed by atoms with Gasteiger partial charge in [0.2, 0.25) is 0 Å². The van der Waals surface area contributed by atoms with Gasteiger partial charge in [-0.05, 0) is 78.8 Å². The number of hydrogen-bond donors (Lipinski definition) is 0. The Morgan fingerprint density at radius 2 is 0.780 bits per heavy atom. The van der Waals surface area contributed by atoms with E-state index in [4.69, 9.17) is 9.97 Å². The molecular weight excluding hydrogens is 605 g/mol. The Labute approximate surface area is 290 Å². The van der Waals surface area contributed by atoms with E-state index in [2.05, 4.69) is 176 Å². The van der Waals surface area contributed by atoms with E-state index in [0.29, 0.717) is 0 Å². The first-order valence-corrected chi connectivity index (χ1v) is 17.1. The molecule has 0 unspecified atom stereocenters. The number of aromatic nitrogens is 2. The van der Waals surface area contributed by atoms with E-state index < -0.39 is 0 Å². The van der Waals surface area contributed by atoms with Crippen molar-refractivity contribution in [3.05, 3.63) is 182 Å². The summed E-state index contributed by atoms with van der Waals surface area (Å²) in [5.41, 5.74) is 10.8. The fourth-order valence-electron chi connectivity index (χ4n) is 7.63. The van der Waals surface area contributed by atoms with Gasteiger partial charge in [0.05, 0.1) is 22.4 Å². The number of benzene rings is 8. The van der Waals surface area contributed by atoms with Crippen LogP contribution in [0.5, 0.6) is 0 Å². The zero-order valence-electron chi connectivity index (χ0n) is 27.2. The minimum absolute atomic E-state index is 0.918. The zero-order chi connectivity index (χ0) is 33.0. The van der Waals surface area contributed by atoms with Crippen molar-refractivity contribution in [1.82, 2.24) is 9.97 Å². The molecule has 0 saturated heterocycles. The summed E-state index contributed by atoms with van der Waals surface area (Å²) in [7, 11) is 0. The third kappa shape index (κ3) is 4.65. The summed E-state index contributed by atoms with van der Waals surface area (Å²) in [6.07, 6.45) is 0. The average Bonchev–Trinajstić information content (AvgIpc) is 3.19. The fraction of sp³-hybridized carbons (Fsp3) is 0. The number of hydrogen-bond acceptors (Lipinski definition) is 2. The number of fused-ring (bicyclic) bond motifs is 6. The smallest absolute Gasteiger partial charge is 0.0972 e. The molecule has 0 amide bonds. The van der Waals surface area contributed by atoms with Crippen LogP contribution >= 0.6 is 0 Å². The first kappa shape index (κ1) is 28.4. The Kier molecular flexibility index (Phi) is 6.53. The van der Waals surface area contributed by atoms with E-state index in [-0.39, 0.29) is 0 Å². The summed E-state index contributed by atoms with van der Waals surface area (Å²) >= 11 is 0. The van der Waals surface area contributed by atoms with Crippen molar-refractivity contribution in [1.29, 1.82) is 0 Å². The largest absolute Gasteiger partial charge is 0.245 e. The first-order valence-electron chi connectivity index (χ1n) is 17.1. The van der Waals surface area contributed by atoms with E-state index in [9.17, 15) is 0 Å². The molecule has 10 rings (SSSR count). The number of rotatable bonds is 4. The van der Waals surface area contributed by atoms with Crippen LogP contribution in [0.4, 0.5) is 0 Å². The quantitative estimate of drug-likeness (QED) is 0.142. The molecule has 0 aliphatic carbocycles. The summed E-state index contributed by atoms with van der Waals surface area (Å²) in [6.45, 7) is 0. The molecule has 8 aromatic carbocycles. The summed E-state index contributed by atoms with van der Waals surface area (Å²) < 4.78 is 0. The van der Waals surface area contributed by atoms with Gasteiger partial charge >= 0.3 is 0 Å². The van der Waals surface area contributed by atoms with Gasteiger partial charge in [-0.15, -0.1) is 0 Å². The van der Waals surface area contributed by atoms with Crippen molar-refractivity contribution in [3.8, 4) is 44.8 Å². The van der Waals surface area contributed by atoms with E-state index in [1.54, 1.807) is 0 Å². The molecular formula is C48H30N2. The minimum atomic E-state index is 0.918. The highest BCUT2D eigenvalue weighted by molar-refractivity contribution is 6.13. The van der Waals surface area contributed by atoms with Crippen molar-refractivity contribution >= 4 is 54.1 Å². The highest BCUT2D eigenvalue weighted by Crippen LogP contribution is 2.40. The van der Waals surface area contributed by atoms with Gasteiger partial charge < -0.3 is 0 Å². The number of nitrogens with zero attached hydrogens (tertiary/aromatic N) is 2. The second kappa shape index (κ2) is 11.5. The molecule has 2 aromatic heterocycles. The van der Waals surface area contributed by atoms with Crippen LogP contribution in [0, 0.1) is 0 Å². The van der Waals surface area contributed by atoms with Gasteiger partial charge in [0.1, 0.15) is 0 Å². The molecule has 232 valence electrons. The van der Waals surface area contributed by atoms with Crippen molar-refractivity contribution in [3.63, 3.8) is 0 Å². The molecule has 10 aromatic rings. The number of pyridine rings is 2. The summed E-state index contributed by atoms with van der Waals surface area (Å²) in [5.74, 6) is 0. The van der Waals surface area contributed by atoms with Gasteiger partial charge in [-0.3, -0.25) is 0 Å². The lowest BCUT2D eigenvalue weighted by molar-refractivity contribution is 1.37. The maximum Gasteiger partial charge on any atom is 0.0972 e. The van der Waals surface area contributed by atoms with Crippen molar-refractivity contribution in [2.24, 2.45) is 0 Å².